The number of nitrogens with one attached hydrogen (secondary N) is 1. The molecule has 1 aliphatic heterocycles. The van der Waals surface area contributed by atoms with Gasteiger partial charge >= 0.3 is 0 Å². The van der Waals surface area contributed by atoms with Crippen LogP contribution in [0, 0.1) is 5.41 Å². The molecular weight excluding hydrogens is 258 g/mol. The minimum atomic E-state index is 0.0434. The van der Waals surface area contributed by atoms with Gasteiger partial charge in [0.05, 0.1) is 5.69 Å². The molecular formula is C15H14ClN3. The zero-order valence-electron chi connectivity index (χ0n) is 10.4. The number of benzene rings is 2. The van der Waals surface area contributed by atoms with Crippen LogP contribution < -0.4 is 10.6 Å². The van der Waals surface area contributed by atoms with Crippen LogP contribution in [0.2, 0.25) is 5.02 Å². The van der Waals surface area contributed by atoms with E-state index in [-0.39, 0.29) is 5.84 Å². The van der Waals surface area contributed by atoms with Crippen molar-refractivity contribution in [2.75, 3.05) is 11.4 Å². The average Bonchev–Trinajstić information content (AvgIpc) is 2.82. The number of nitrogens with two attached hydrogens (primary N) is 1. The smallest absolute Gasteiger partial charge is 0.124 e. The van der Waals surface area contributed by atoms with Gasteiger partial charge in [0.15, 0.2) is 0 Å². The van der Waals surface area contributed by atoms with Gasteiger partial charge < -0.3 is 10.6 Å². The number of hydrogen-bond donors (Lipinski definition) is 2. The molecule has 96 valence electrons. The Hall–Kier alpha value is -2.00. The molecule has 3 nitrogen and oxygen atoms in total. The molecule has 4 heteroatoms. The van der Waals surface area contributed by atoms with Crippen LogP contribution in [0.15, 0.2) is 42.5 Å². The number of nitrogen functional groups attached to an aromatic ring is 1. The van der Waals surface area contributed by atoms with Crippen molar-refractivity contribution in [1.29, 1.82) is 5.41 Å². The van der Waals surface area contributed by atoms with Crippen LogP contribution in [0.1, 0.15) is 11.1 Å². The van der Waals surface area contributed by atoms with Crippen LogP contribution in [0.4, 0.5) is 11.4 Å². The fourth-order valence-electron chi connectivity index (χ4n) is 2.55. The van der Waals surface area contributed by atoms with E-state index in [4.69, 9.17) is 22.7 Å². The molecule has 3 rings (SSSR count). The Bertz CT molecular complexity index is 652. The molecule has 0 saturated carbocycles. The maximum atomic E-state index is 7.71. The number of halogens is 1. The van der Waals surface area contributed by atoms with Crippen molar-refractivity contribution in [3.63, 3.8) is 0 Å². The van der Waals surface area contributed by atoms with Crippen LogP contribution in [-0.2, 0) is 6.42 Å². The van der Waals surface area contributed by atoms with Gasteiger partial charge in [-0.2, -0.15) is 0 Å². The highest BCUT2D eigenvalue weighted by atomic mass is 35.5. The molecule has 0 unspecified atom stereocenters. The van der Waals surface area contributed by atoms with E-state index in [1.54, 1.807) is 6.07 Å². The summed E-state index contributed by atoms with van der Waals surface area (Å²) >= 11 is 6.00. The van der Waals surface area contributed by atoms with Gasteiger partial charge in [-0.15, -0.1) is 0 Å². The van der Waals surface area contributed by atoms with E-state index in [9.17, 15) is 0 Å². The molecule has 0 saturated heterocycles. The lowest BCUT2D eigenvalue weighted by Crippen LogP contribution is -2.20. The third-order valence-corrected chi connectivity index (χ3v) is 3.66. The molecule has 3 N–H and O–H groups in total. The molecule has 0 aromatic heterocycles. The summed E-state index contributed by atoms with van der Waals surface area (Å²) in [5.41, 5.74) is 9.81. The summed E-state index contributed by atoms with van der Waals surface area (Å²) in [6, 6.07) is 13.8. The van der Waals surface area contributed by atoms with Gasteiger partial charge in [0, 0.05) is 22.8 Å². The first-order valence-electron chi connectivity index (χ1n) is 6.16. The Labute approximate surface area is 117 Å². The lowest BCUT2D eigenvalue weighted by atomic mass is 10.1. The molecule has 0 atom stereocenters. The molecule has 19 heavy (non-hydrogen) atoms. The molecule has 0 radical (unpaired) electrons. The summed E-state index contributed by atoms with van der Waals surface area (Å²) in [5.74, 6) is 0.0434. The number of para-hydroxylation sites is 1. The van der Waals surface area contributed by atoms with Crippen LogP contribution in [0.25, 0.3) is 0 Å². The van der Waals surface area contributed by atoms with Gasteiger partial charge in [-0.25, -0.2) is 0 Å². The first-order valence-corrected chi connectivity index (χ1v) is 6.54. The summed E-state index contributed by atoms with van der Waals surface area (Å²) in [6.07, 6.45) is 1.01. The van der Waals surface area contributed by atoms with Gasteiger partial charge in [0.2, 0.25) is 0 Å². The van der Waals surface area contributed by atoms with Crippen molar-refractivity contribution in [2.24, 2.45) is 5.73 Å². The number of anilines is 2. The Kier molecular flexibility index (Phi) is 2.91. The third kappa shape index (κ3) is 2.06. The van der Waals surface area contributed by atoms with Gasteiger partial charge in [0.25, 0.3) is 0 Å². The second-order valence-corrected chi connectivity index (χ2v) is 5.04. The lowest BCUT2D eigenvalue weighted by Gasteiger charge is -2.22. The molecule has 2 aromatic carbocycles. The summed E-state index contributed by atoms with van der Waals surface area (Å²) in [4.78, 5) is 2.20. The normalized spacial score (nSPS) is 13.4. The standard InChI is InChI=1S/C15H14ClN3/c16-11-5-6-14(12(9-11)15(17)18)19-8-7-10-3-1-2-4-13(10)19/h1-6,9H,7-8H2,(H3,17,18). The number of fused-ring (bicyclic) bond motifs is 1. The summed E-state index contributed by atoms with van der Waals surface area (Å²) < 4.78 is 0. The Morgan fingerprint density at radius 1 is 1.16 bits per heavy atom. The monoisotopic (exact) mass is 271 g/mol. The van der Waals surface area contributed by atoms with Crippen molar-refractivity contribution in [3.8, 4) is 0 Å². The second kappa shape index (κ2) is 4.59. The van der Waals surface area contributed by atoms with Crippen LogP contribution >= 0.6 is 11.6 Å². The maximum Gasteiger partial charge on any atom is 0.124 e. The summed E-state index contributed by atoms with van der Waals surface area (Å²) in [6.45, 7) is 0.904. The molecule has 2 aromatic rings. The minimum Gasteiger partial charge on any atom is -0.384 e. The zero-order chi connectivity index (χ0) is 13.4. The number of nitrogens with zero attached hydrogens (tertiary/aromatic N) is 1. The van der Waals surface area contributed by atoms with Gasteiger partial charge in [-0.3, -0.25) is 5.41 Å². The number of amidine groups is 1. The highest BCUT2D eigenvalue weighted by Gasteiger charge is 2.22. The lowest BCUT2D eigenvalue weighted by molar-refractivity contribution is 0.996. The van der Waals surface area contributed by atoms with E-state index in [1.165, 1.54) is 11.3 Å². The van der Waals surface area contributed by atoms with E-state index in [1.807, 2.05) is 18.2 Å². The van der Waals surface area contributed by atoms with Gasteiger partial charge in [-0.1, -0.05) is 29.8 Å². The van der Waals surface area contributed by atoms with Crippen molar-refractivity contribution >= 4 is 28.8 Å². The summed E-state index contributed by atoms with van der Waals surface area (Å²) in [5, 5.41) is 8.31. The molecule has 1 aliphatic rings. The molecule has 0 bridgehead atoms. The van der Waals surface area contributed by atoms with E-state index in [0.29, 0.717) is 10.6 Å². The number of hydrogen-bond acceptors (Lipinski definition) is 2. The first-order chi connectivity index (χ1) is 9.16. The SMILES string of the molecule is N=C(N)c1cc(Cl)ccc1N1CCc2ccccc21. The summed E-state index contributed by atoms with van der Waals surface area (Å²) in [7, 11) is 0. The van der Waals surface area contributed by atoms with Gasteiger partial charge in [0.1, 0.15) is 5.84 Å². The fraction of sp³-hybridized carbons (Fsp3) is 0.133. The van der Waals surface area contributed by atoms with Crippen molar-refractivity contribution in [2.45, 2.75) is 6.42 Å². The first kappa shape index (κ1) is 12.1. The van der Waals surface area contributed by atoms with Gasteiger partial charge in [-0.05, 0) is 36.2 Å². The third-order valence-electron chi connectivity index (χ3n) is 3.43. The second-order valence-electron chi connectivity index (χ2n) is 4.61. The van der Waals surface area contributed by atoms with Crippen molar-refractivity contribution in [1.82, 2.24) is 0 Å². The number of rotatable bonds is 2. The van der Waals surface area contributed by atoms with E-state index >= 15 is 0 Å². The maximum absolute atomic E-state index is 7.71. The van der Waals surface area contributed by atoms with E-state index in [0.717, 1.165) is 18.7 Å². The van der Waals surface area contributed by atoms with E-state index in [2.05, 4.69) is 23.1 Å². The Morgan fingerprint density at radius 3 is 2.74 bits per heavy atom. The molecule has 0 aliphatic carbocycles. The highest BCUT2D eigenvalue weighted by Crippen LogP contribution is 2.36. The van der Waals surface area contributed by atoms with E-state index < -0.39 is 0 Å². The molecule has 0 fully saturated rings. The molecule has 0 amide bonds. The fourth-order valence-corrected chi connectivity index (χ4v) is 2.72. The topological polar surface area (TPSA) is 53.1 Å². The quantitative estimate of drug-likeness (QED) is 0.650. The predicted molar refractivity (Wildman–Crippen MR) is 79.6 cm³/mol. The molecule has 0 spiro atoms. The predicted octanol–water partition coefficient (Wildman–Crippen LogP) is 3.32. The van der Waals surface area contributed by atoms with Crippen molar-refractivity contribution < 1.29 is 0 Å². The zero-order valence-corrected chi connectivity index (χ0v) is 11.1. The minimum absolute atomic E-state index is 0.0434. The van der Waals surface area contributed by atoms with Crippen molar-refractivity contribution in [3.05, 3.63) is 58.6 Å². The van der Waals surface area contributed by atoms with Crippen LogP contribution in [0.5, 0.6) is 0 Å². The Balaban J connectivity index is 2.12. The highest BCUT2D eigenvalue weighted by molar-refractivity contribution is 6.31. The van der Waals surface area contributed by atoms with Crippen LogP contribution in [-0.4, -0.2) is 12.4 Å². The largest absolute Gasteiger partial charge is 0.384 e. The molecule has 1 heterocycles. The Morgan fingerprint density at radius 2 is 1.95 bits per heavy atom. The van der Waals surface area contributed by atoms with Crippen LogP contribution in [0.3, 0.4) is 0 Å². The average molecular weight is 272 g/mol.